The van der Waals surface area contributed by atoms with Crippen molar-refractivity contribution in [2.24, 2.45) is 0 Å². The van der Waals surface area contributed by atoms with Gasteiger partial charge in [0.1, 0.15) is 11.6 Å². The van der Waals surface area contributed by atoms with Crippen molar-refractivity contribution < 1.29 is 13.6 Å². The van der Waals surface area contributed by atoms with Crippen molar-refractivity contribution >= 4 is 5.91 Å². The highest BCUT2D eigenvalue weighted by atomic mass is 19.1. The van der Waals surface area contributed by atoms with Crippen molar-refractivity contribution in [2.75, 3.05) is 0 Å². The summed E-state index contributed by atoms with van der Waals surface area (Å²) >= 11 is 0. The number of halogens is 1. The molecule has 0 aliphatic heterocycles. The second-order valence-corrected chi connectivity index (χ2v) is 5.18. The number of rotatable bonds is 4. The second kappa shape index (κ2) is 5.12. The third kappa shape index (κ3) is 2.59. The lowest BCUT2D eigenvalue weighted by Crippen LogP contribution is -2.32. The third-order valence-corrected chi connectivity index (χ3v) is 3.58. The van der Waals surface area contributed by atoms with Crippen molar-refractivity contribution in [1.82, 2.24) is 4.90 Å². The fraction of sp³-hybridized carbons (Fsp3) is 0.312. The van der Waals surface area contributed by atoms with E-state index in [-0.39, 0.29) is 17.8 Å². The average Bonchev–Trinajstić information content (AvgIpc) is 3.17. The van der Waals surface area contributed by atoms with Crippen molar-refractivity contribution in [2.45, 2.75) is 32.4 Å². The predicted octanol–water partition coefficient (Wildman–Crippen LogP) is 3.53. The van der Waals surface area contributed by atoms with Gasteiger partial charge >= 0.3 is 0 Å². The maximum atomic E-state index is 13.3. The minimum absolute atomic E-state index is 0.0389. The molecule has 1 aliphatic carbocycles. The highest BCUT2D eigenvalue weighted by Gasteiger charge is 2.34. The predicted molar refractivity (Wildman–Crippen MR) is 72.7 cm³/mol. The normalized spacial score (nSPS) is 14.3. The number of nitrogens with zero attached hydrogens (tertiary/aromatic N) is 1. The van der Waals surface area contributed by atoms with E-state index in [0.29, 0.717) is 17.9 Å². The summed E-state index contributed by atoms with van der Waals surface area (Å²) in [5.74, 6) is 0.313. The first-order valence-corrected chi connectivity index (χ1v) is 6.74. The summed E-state index contributed by atoms with van der Waals surface area (Å²) in [6.45, 7) is 2.21. The first-order chi connectivity index (χ1) is 9.65. The molecule has 0 radical (unpaired) electrons. The molecule has 1 amide bonds. The van der Waals surface area contributed by atoms with Crippen LogP contribution in [-0.2, 0) is 6.54 Å². The lowest BCUT2D eigenvalue weighted by atomic mass is 10.1. The largest absolute Gasteiger partial charge is 0.469 e. The Morgan fingerprint density at radius 3 is 2.80 bits per heavy atom. The zero-order valence-electron chi connectivity index (χ0n) is 11.3. The Morgan fingerprint density at radius 1 is 1.40 bits per heavy atom. The number of carbonyl (C=O) groups excluding carboxylic acids is 1. The van der Waals surface area contributed by atoms with Crippen LogP contribution in [-0.4, -0.2) is 16.8 Å². The van der Waals surface area contributed by atoms with Gasteiger partial charge in [0.2, 0.25) is 0 Å². The molecule has 4 heteroatoms. The average molecular weight is 273 g/mol. The molecule has 0 atom stereocenters. The van der Waals surface area contributed by atoms with E-state index >= 15 is 0 Å². The van der Waals surface area contributed by atoms with Crippen LogP contribution < -0.4 is 0 Å². The molecule has 1 aromatic carbocycles. The Balaban J connectivity index is 1.83. The van der Waals surface area contributed by atoms with Gasteiger partial charge in [-0.3, -0.25) is 4.79 Å². The van der Waals surface area contributed by atoms with Gasteiger partial charge in [-0.1, -0.05) is 12.1 Å². The number of benzene rings is 1. The van der Waals surface area contributed by atoms with Gasteiger partial charge in [0.15, 0.2) is 0 Å². The number of aryl methyl sites for hydroxylation is 1. The van der Waals surface area contributed by atoms with E-state index in [1.807, 2.05) is 11.0 Å². The van der Waals surface area contributed by atoms with Crippen LogP contribution in [0.1, 0.15) is 34.5 Å². The maximum absolute atomic E-state index is 13.3. The van der Waals surface area contributed by atoms with Crippen molar-refractivity contribution in [3.63, 3.8) is 0 Å². The first kappa shape index (κ1) is 12.9. The highest BCUT2D eigenvalue weighted by molar-refractivity contribution is 5.95. The van der Waals surface area contributed by atoms with E-state index in [4.69, 9.17) is 4.42 Å². The Morgan fingerprint density at radius 2 is 2.20 bits per heavy atom. The van der Waals surface area contributed by atoms with E-state index in [0.717, 1.165) is 18.4 Å². The second-order valence-electron chi connectivity index (χ2n) is 5.18. The highest BCUT2D eigenvalue weighted by Crippen LogP contribution is 2.30. The lowest BCUT2D eigenvalue weighted by Gasteiger charge is -2.22. The molecule has 1 aliphatic rings. The molecule has 3 nitrogen and oxygen atoms in total. The number of hydrogen-bond donors (Lipinski definition) is 0. The maximum Gasteiger partial charge on any atom is 0.257 e. The van der Waals surface area contributed by atoms with Crippen molar-refractivity contribution in [3.05, 3.63) is 59.3 Å². The SMILES string of the molecule is Cc1occc1C(=O)N(Cc1cccc(F)c1)C1CC1. The Bertz CT molecular complexity index is 631. The molecule has 0 N–H and O–H groups in total. The minimum atomic E-state index is -0.273. The molecule has 0 spiro atoms. The van der Waals surface area contributed by atoms with Gasteiger partial charge < -0.3 is 9.32 Å². The van der Waals surface area contributed by atoms with Gasteiger partial charge in [-0.15, -0.1) is 0 Å². The summed E-state index contributed by atoms with van der Waals surface area (Å²) in [5, 5.41) is 0. The summed E-state index contributed by atoms with van der Waals surface area (Å²) in [4.78, 5) is 14.4. The fourth-order valence-electron chi connectivity index (χ4n) is 2.35. The number of carbonyl (C=O) groups is 1. The molecule has 0 saturated heterocycles. The van der Waals surface area contributed by atoms with Crippen LogP contribution in [0, 0.1) is 12.7 Å². The number of hydrogen-bond acceptors (Lipinski definition) is 2. The number of furan rings is 1. The standard InChI is InChI=1S/C16H16FNO2/c1-11-15(7-8-20-11)16(19)18(14-5-6-14)10-12-3-2-4-13(17)9-12/h2-4,7-9,14H,5-6,10H2,1H3. The quantitative estimate of drug-likeness (QED) is 0.853. The molecule has 3 rings (SSSR count). The van der Waals surface area contributed by atoms with Crippen molar-refractivity contribution in [3.8, 4) is 0 Å². The van der Waals surface area contributed by atoms with E-state index in [1.165, 1.54) is 18.4 Å². The van der Waals surface area contributed by atoms with Crippen LogP contribution in [0.15, 0.2) is 41.0 Å². The Kier molecular flexibility index (Phi) is 3.30. The Labute approximate surface area is 117 Å². The van der Waals surface area contributed by atoms with Crippen molar-refractivity contribution in [1.29, 1.82) is 0 Å². The fourth-order valence-corrected chi connectivity index (χ4v) is 2.35. The molecule has 1 aromatic heterocycles. The van der Waals surface area contributed by atoms with Gasteiger partial charge in [0, 0.05) is 12.6 Å². The van der Waals surface area contributed by atoms with Crippen LogP contribution in [0.3, 0.4) is 0 Å². The molecule has 20 heavy (non-hydrogen) atoms. The molecule has 1 fully saturated rings. The van der Waals surface area contributed by atoms with E-state index in [1.54, 1.807) is 19.1 Å². The van der Waals surface area contributed by atoms with Crippen LogP contribution in [0.2, 0.25) is 0 Å². The molecule has 104 valence electrons. The molecule has 0 unspecified atom stereocenters. The molecule has 0 bridgehead atoms. The van der Waals surface area contributed by atoms with Gasteiger partial charge in [-0.05, 0) is 43.5 Å². The number of amides is 1. The molecule has 1 heterocycles. The molecule has 1 saturated carbocycles. The monoisotopic (exact) mass is 273 g/mol. The summed E-state index contributed by atoms with van der Waals surface area (Å²) < 4.78 is 18.5. The summed E-state index contributed by atoms with van der Waals surface area (Å²) in [5.41, 5.74) is 1.40. The third-order valence-electron chi connectivity index (χ3n) is 3.58. The van der Waals surface area contributed by atoms with Gasteiger partial charge in [0.25, 0.3) is 5.91 Å². The van der Waals surface area contributed by atoms with E-state index in [9.17, 15) is 9.18 Å². The van der Waals surface area contributed by atoms with Crippen LogP contribution in [0.25, 0.3) is 0 Å². The summed E-state index contributed by atoms with van der Waals surface area (Å²) in [6, 6.07) is 8.36. The molecule has 2 aromatic rings. The van der Waals surface area contributed by atoms with Crippen LogP contribution in [0.4, 0.5) is 4.39 Å². The zero-order chi connectivity index (χ0) is 14.1. The lowest BCUT2D eigenvalue weighted by molar-refractivity contribution is 0.0728. The van der Waals surface area contributed by atoms with E-state index < -0.39 is 0 Å². The van der Waals surface area contributed by atoms with Crippen LogP contribution >= 0.6 is 0 Å². The topological polar surface area (TPSA) is 33.5 Å². The van der Waals surface area contributed by atoms with Gasteiger partial charge in [-0.2, -0.15) is 0 Å². The molecular weight excluding hydrogens is 257 g/mol. The smallest absolute Gasteiger partial charge is 0.257 e. The van der Waals surface area contributed by atoms with Crippen LogP contribution in [0.5, 0.6) is 0 Å². The summed E-state index contributed by atoms with van der Waals surface area (Å²) in [6.07, 6.45) is 3.55. The first-order valence-electron chi connectivity index (χ1n) is 6.74. The van der Waals surface area contributed by atoms with Gasteiger partial charge in [0.05, 0.1) is 11.8 Å². The Hall–Kier alpha value is -2.10. The van der Waals surface area contributed by atoms with E-state index in [2.05, 4.69) is 0 Å². The van der Waals surface area contributed by atoms with Gasteiger partial charge in [-0.25, -0.2) is 4.39 Å². The zero-order valence-corrected chi connectivity index (χ0v) is 11.3. The molecular formula is C16H16FNO2. The minimum Gasteiger partial charge on any atom is -0.469 e. The summed E-state index contributed by atoms with van der Waals surface area (Å²) in [7, 11) is 0.